The molecule has 0 radical (unpaired) electrons. The zero-order chi connectivity index (χ0) is 16.2. The molecule has 3 N–H and O–H groups in total. The molecule has 1 unspecified atom stereocenters. The molecule has 0 saturated carbocycles. The van der Waals surface area contributed by atoms with E-state index >= 15 is 0 Å². The Balaban J connectivity index is 2.82. The first-order valence-corrected chi connectivity index (χ1v) is 7.64. The lowest BCUT2D eigenvalue weighted by molar-refractivity contribution is -0.167. The van der Waals surface area contributed by atoms with Crippen LogP contribution in [0.15, 0.2) is 24.3 Å². The molecule has 0 aliphatic carbocycles. The molecule has 0 heterocycles. The SMILES string of the molecule is CC(C)(C)OC(=O)[C@H](C(=O)O)C(N)Cc1ccc(I)cc1. The van der Waals surface area contributed by atoms with Crippen LogP contribution >= 0.6 is 22.6 Å². The van der Waals surface area contributed by atoms with Crippen molar-refractivity contribution in [2.45, 2.75) is 38.8 Å². The van der Waals surface area contributed by atoms with Gasteiger partial charge in [-0.1, -0.05) is 12.1 Å². The fraction of sp³-hybridized carbons (Fsp3) is 0.467. The van der Waals surface area contributed by atoms with Crippen LogP contribution in [0.25, 0.3) is 0 Å². The largest absolute Gasteiger partial charge is 0.481 e. The normalized spacial score (nSPS) is 14.3. The van der Waals surface area contributed by atoms with Crippen LogP contribution in [0.3, 0.4) is 0 Å². The number of carbonyl (C=O) groups excluding carboxylic acids is 1. The van der Waals surface area contributed by atoms with Crippen LogP contribution in [0, 0.1) is 9.49 Å². The van der Waals surface area contributed by atoms with Crippen molar-refractivity contribution >= 4 is 34.5 Å². The highest BCUT2D eigenvalue weighted by Gasteiger charge is 2.36. The van der Waals surface area contributed by atoms with E-state index in [0.29, 0.717) is 6.42 Å². The fourth-order valence-corrected chi connectivity index (χ4v) is 2.19. The van der Waals surface area contributed by atoms with Crippen molar-refractivity contribution in [1.29, 1.82) is 0 Å². The van der Waals surface area contributed by atoms with Crippen LogP contribution in [-0.4, -0.2) is 28.7 Å². The van der Waals surface area contributed by atoms with Crippen molar-refractivity contribution in [2.24, 2.45) is 11.7 Å². The molecular formula is C15H20INO4. The minimum Gasteiger partial charge on any atom is -0.481 e. The molecule has 21 heavy (non-hydrogen) atoms. The second-order valence-corrected chi connectivity index (χ2v) is 7.09. The summed E-state index contributed by atoms with van der Waals surface area (Å²) in [6.45, 7) is 5.07. The molecule has 0 saturated heterocycles. The van der Waals surface area contributed by atoms with Crippen LogP contribution < -0.4 is 5.73 Å². The van der Waals surface area contributed by atoms with Crippen molar-refractivity contribution < 1.29 is 19.4 Å². The molecular weight excluding hydrogens is 385 g/mol. The summed E-state index contributed by atoms with van der Waals surface area (Å²) in [6, 6.07) is 6.72. The second-order valence-electron chi connectivity index (χ2n) is 5.84. The molecule has 5 nitrogen and oxygen atoms in total. The zero-order valence-electron chi connectivity index (χ0n) is 12.3. The maximum Gasteiger partial charge on any atom is 0.322 e. The Hall–Kier alpha value is -1.15. The summed E-state index contributed by atoms with van der Waals surface area (Å²) in [5.41, 5.74) is 6.07. The smallest absolute Gasteiger partial charge is 0.322 e. The Morgan fingerprint density at radius 2 is 1.81 bits per heavy atom. The molecule has 0 aliphatic heterocycles. The topological polar surface area (TPSA) is 89.6 Å². The van der Waals surface area contributed by atoms with Crippen LogP contribution in [0.4, 0.5) is 0 Å². The third-order valence-electron chi connectivity index (χ3n) is 2.74. The highest BCUT2D eigenvalue weighted by Crippen LogP contribution is 2.17. The number of aliphatic carboxylic acids is 1. The maximum absolute atomic E-state index is 12.0. The first-order chi connectivity index (χ1) is 9.60. The number of halogens is 1. The van der Waals surface area contributed by atoms with Crippen molar-refractivity contribution in [2.75, 3.05) is 0 Å². The highest BCUT2D eigenvalue weighted by atomic mass is 127. The van der Waals surface area contributed by atoms with E-state index in [0.717, 1.165) is 9.13 Å². The molecule has 1 aromatic carbocycles. The van der Waals surface area contributed by atoms with Gasteiger partial charge in [-0.25, -0.2) is 0 Å². The van der Waals surface area contributed by atoms with Crippen molar-refractivity contribution in [1.82, 2.24) is 0 Å². The minimum atomic E-state index is -1.37. The number of rotatable bonds is 5. The maximum atomic E-state index is 12.0. The number of carboxylic acid groups (broad SMARTS) is 1. The standard InChI is InChI=1S/C15H20INO4/c1-15(2,3)21-14(20)12(13(18)19)11(17)8-9-4-6-10(16)7-5-9/h4-7,11-12H,8,17H2,1-3H3,(H,18,19)/t11?,12-/m0/s1. The van der Waals surface area contributed by atoms with Crippen LogP contribution in [0.2, 0.25) is 0 Å². The van der Waals surface area contributed by atoms with Gasteiger partial charge in [-0.3, -0.25) is 9.59 Å². The van der Waals surface area contributed by atoms with E-state index < -0.39 is 29.5 Å². The van der Waals surface area contributed by atoms with E-state index in [4.69, 9.17) is 10.5 Å². The average molecular weight is 405 g/mol. The van der Waals surface area contributed by atoms with Crippen molar-refractivity contribution in [3.8, 4) is 0 Å². The van der Waals surface area contributed by atoms with Crippen molar-refractivity contribution in [3.05, 3.63) is 33.4 Å². The molecule has 6 heteroatoms. The molecule has 1 rings (SSSR count). The lowest BCUT2D eigenvalue weighted by Crippen LogP contribution is -2.45. The molecule has 0 aromatic heterocycles. The summed E-state index contributed by atoms with van der Waals surface area (Å²) in [4.78, 5) is 23.3. The summed E-state index contributed by atoms with van der Waals surface area (Å²) in [5, 5.41) is 9.25. The highest BCUT2D eigenvalue weighted by molar-refractivity contribution is 14.1. The van der Waals surface area contributed by atoms with Crippen LogP contribution in [0.1, 0.15) is 26.3 Å². The third-order valence-corrected chi connectivity index (χ3v) is 3.46. The van der Waals surface area contributed by atoms with Gasteiger partial charge in [0.25, 0.3) is 0 Å². The summed E-state index contributed by atoms with van der Waals surface area (Å²) in [5.74, 6) is -3.43. The first-order valence-electron chi connectivity index (χ1n) is 6.56. The number of hydrogen-bond acceptors (Lipinski definition) is 4. The fourth-order valence-electron chi connectivity index (χ4n) is 1.83. The van der Waals surface area contributed by atoms with Gasteiger partial charge in [-0.2, -0.15) is 0 Å². The van der Waals surface area contributed by atoms with Gasteiger partial charge in [-0.05, 0) is 67.5 Å². The van der Waals surface area contributed by atoms with Gasteiger partial charge in [0.1, 0.15) is 5.60 Å². The number of hydrogen-bond donors (Lipinski definition) is 2. The van der Waals surface area contributed by atoms with E-state index in [1.54, 1.807) is 20.8 Å². The molecule has 2 atom stereocenters. The summed E-state index contributed by atoms with van der Waals surface area (Å²) >= 11 is 2.18. The van der Waals surface area contributed by atoms with Gasteiger partial charge in [-0.15, -0.1) is 0 Å². The summed E-state index contributed by atoms with van der Waals surface area (Å²) < 4.78 is 6.21. The number of carboxylic acids is 1. The number of esters is 1. The zero-order valence-corrected chi connectivity index (χ0v) is 14.5. The molecule has 0 fully saturated rings. The predicted molar refractivity (Wildman–Crippen MR) is 87.8 cm³/mol. The molecule has 116 valence electrons. The van der Waals surface area contributed by atoms with Gasteiger partial charge in [0.15, 0.2) is 5.92 Å². The third kappa shape index (κ3) is 6.01. The van der Waals surface area contributed by atoms with E-state index in [-0.39, 0.29) is 0 Å². The van der Waals surface area contributed by atoms with Crippen molar-refractivity contribution in [3.63, 3.8) is 0 Å². The minimum absolute atomic E-state index is 0.299. The van der Waals surface area contributed by atoms with E-state index in [2.05, 4.69) is 22.6 Å². The Bertz CT molecular complexity index is 507. The summed E-state index contributed by atoms with van der Waals surface area (Å²) in [7, 11) is 0. The molecule has 1 aromatic rings. The van der Waals surface area contributed by atoms with Gasteiger partial charge in [0.2, 0.25) is 0 Å². The van der Waals surface area contributed by atoms with Crippen LogP contribution in [-0.2, 0) is 20.7 Å². The molecule has 0 bridgehead atoms. The Kier molecular flexibility index (Phi) is 6.15. The molecule has 0 spiro atoms. The number of benzene rings is 1. The first kappa shape index (κ1) is 17.9. The van der Waals surface area contributed by atoms with Gasteiger partial charge >= 0.3 is 11.9 Å². The number of nitrogens with two attached hydrogens (primary N) is 1. The average Bonchev–Trinajstić information content (AvgIpc) is 2.29. The second kappa shape index (κ2) is 7.22. The van der Waals surface area contributed by atoms with E-state index in [9.17, 15) is 14.7 Å². The monoisotopic (exact) mass is 405 g/mol. The van der Waals surface area contributed by atoms with Crippen LogP contribution in [0.5, 0.6) is 0 Å². The van der Waals surface area contributed by atoms with E-state index in [1.165, 1.54) is 0 Å². The Morgan fingerprint density at radius 1 is 1.29 bits per heavy atom. The summed E-state index contributed by atoms with van der Waals surface area (Å²) in [6.07, 6.45) is 0.299. The Morgan fingerprint density at radius 3 is 2.24 bits per heavy atom. The molecule has 0 aliphatic rings. The van der Waals surface area contributed by atoms with E-state index in [1.807, 2.05) is 24.3 Å². The Labute approximate surface area is 138 Å². The quantitative estimate of drug-likeness (QED) is 0.446. The lowest BCUT2D eigenvalue weighted by atomic mass is 9.94. The number of ether oxygens (including phenoxy) is 1. The molecule has 0 amide bonds. The van der Waals surface area contributed by atoms with Gasteiger partial charge < -0.3 is 15.6 Å². The lowest BCUT2D eigenvalue weighted by Gasteiger charge is -2.25. The van der Waals surface area contributed by atoms with Gasteiger partial charge in [0, 0.05) is 9.61 Å². The van der Waals surface area contributed by atoms with Gasteiger partial charge in [0.05, 0.1) is 0 Å². The number of carbonyl (C=O) groups is 2. The predicted octanol–water partition coefficient (Wildman–Crippen LogP) is 2.20.